The van der Waals surface area contributed by atoms with Crippen molar-refractivity contribution in [1.29, 1.82) is 0 Å². The first-order valence-corrected chi connectivity index (χ1v) is 6.40. The van der Waals surface area contributed by atoms with Gasteiger partial charge in [-0.05, 0) is 19.5 Å². The third-order valence-corrected chi connectivity index (χ3v) is 2.41. The van der Waals surface area contributed by atoms with E-state index < -0.39 is 0 Å². The van der Waals surface area contributed by atoms with Gasteiger partial charge in [0.25, 0.3) is 0 Å². The van der Waals surface area contributed by atoms with Gasteiger partial charge in [-0.15, -0.1) is 0 Å². The predicted molar refractivity (Wildman–Crippen MR) is 74.0 cm³/mol. The summed E-state index contributed by atoms with van der Waals surface area (Å²) < 4.78 is 5.25. The Hall–Kier alpha value is -0.980. The first-order chi connectivity index (χ1) is 8.74. The number of rotatable bonds is 11. The van der Waals surface area contributed by atoms with Crippen LogP contribution < -0.4 is 16.0 Å². The lowest BCUT2D eigenvalue weighted by atomic mass is 10.3. The molecule has 106 valence electrons. The number of aliphatic imine (C=N–C) groups is 1. The summed E-state index contributed by atoms with van der Waals surface area (Å²) in [5, 5.41) is 9.02. The van der Waals surface area contributed by atoms with Crippen LogP contribution in [-0.2, 0) is 9.53 Å². The molecule has 0 aliphatic carbocycles. The highest BCUT2D eigenvalue weighted by Crippen LogP contribution is 1.90. The highest BCUT2D eigenvalue weighted by Gasteiger charge is 2.02. The summed E-state index contributed by atoms with van der Waals surface area (Å²) in [6, 6.07) is 0. The smallest absolute Gasteiger partial charge is 0.221 e. The van der Waals surface area contributed by atoms with Crippen LogP contribution >= 0.6 is 0 Å². The number of hydrogen-bond acceptors (Lipinski definition) is 5. The molecule has 0 aromatic heterocycles. The van der Waals surface area contributed by atoms with Gasteiger partial charge in [0, 0.05) is 39.9 Å². The minimum atomic E-state index is 0.0219. The Balaban J connectivity index is 3.38. The second-order valence-corrected chi connectivity index (χ2v) is 3.79. The molecule has 1 amide bonds. The average Bonchev–Trinajstić information content (AvgIpc) is 2.40. The molecular weight excluding hydrogens is 232 g/mol. The minimum Gasteiger partial charge on any atom is -0.367 e. The lowest BCUT2D eigenvalue weighted by Crippen LogP contribution is -2.34. The van der Waals surface area contributed by atoms with Crippen LogP contribution in [0.2, 0.25) is 0 Å². The van der Waals surface area contributed by atoms with E-state index in [2.05, 4.69) is 27.9 Å². The maximum absolute atomic E-state index is 10.9. The van der Waals surface area contributed by atoms with Crippen LogP contribution in [0.3, 0.4) is 0 Å². The lowest BCUT2D eigenvalue weighted by molar-refractivity contribution is -0.120. The molecule has 0 aliphatic heterocycles. The molecule has 18 heavy (non-hydrogen) atoms. The van der Waals surface area contributed by atoms with Gasteiger partial charge in [0.1, 0.15) is 6.23 Å². The van der Waals surface area contributed by atoms with Gasteiger partial charge in [0.2, 0.25) is 5.91 Å². The topological polar surface area (TPSA) is 74.8 Å². The first kappa shape index (κ1) is 17.0. The molecule has 0 saturated carbocycles. The van der Waals surface area contributed by atoms with Crippen LogP contribution in [0.5, 0.6) is 0 Å². The van der Waals surface area contributed by atoms with Gasteiger partial charge in [-0.3, -0.25) is 15.1 Å². The van der Waals surface area contributed by atoms with Crippen LogP contribution in [0.25, 0.3) is 0 Å². The third kappa shape index (κ3) is 10.2. The molecule has 0 bridgehead atoms. The van der Waals surface area contributed by atoms with E-state index in [1.54, 1.807) is 20.4 Å². The Morgan fingerprint density at radius 2 is 2.28 bits per heavy atom. The second-order valence-electron chi connectivity index (χ2n) is 3.79. The zero-order chi connectivity index (χ0) is 13.6. The normalized spacial score (nSPS) is 12.8. The molecule has 0 heterocycles. The monoisotopic (exact) mass is 258 g/mol. The average molecular weight is 258 g/mol. The molecule has 3 N–H and O–H groups in total. The molecule has 0 aromatic rings. The Bertz CT molecular complexity index is 234. The molecule has 1 unspecified atom stereocenters. The van der Waals surface area contributed by atoms with Crippen molar-refractivity contribution in [1.82, 2.24) is 16.0 Å². The summed E-state index contributed by atoms with van der Waals surface area (Å²) in [5.41, 5.74) is 0. The van der Waals surface area contributed by atoms with Gasteiger partial charge in [-0.25, -0.2) is 0 Å². The molecule has 6 nitrogen and oxygen atoms in total. The Morgan fingerprint density at radius 3 is 2.89 bits per heavy atom. The number of amides is 1. The van der Waals surface area contributed by atoms with Gasteiger partial charge in [0.05, 0.1) is 0 Å². The van der Waals surface area contributed by atoms with Gasteiger partial charge in [-0.1, -0.05) is 6.92 Å². The summed E-state index contributed by atoms with van der Waals surface area (Å²) in [4.78, 5) is 15.0. The molecule has 0 aromatic carbocycles. The van der Waals surface area contributed by atoms with Crippen molar-refractivity contribution in [2.45, 2.75) is 26.0 Å². The van der Waals surface area contributed by atoms with E-state index in [0.717, 1.165) is 26.1 Å². The Morgan fingerprint density at radius 1 is 1.50 bits per heavy atom. The van der Waals surface area contributed by atoms with E-state index in [0.29, 0.717) is 13.0 Å². The third-order valence-electron chi connectivity index (χ3n) is 2.41. The molecule has 0 aliphatic rings. The molecule has 0 fully saturated rings. The maximum Gasteiger partial charge on any atom is 0.221 e. The molecule has 0 rings (SSSR count). The lowest BCUT2D eigenvalue weighted by Gasteiger charge is -2.15. The number of nitrogens with zero attached hydrogens (tertiary/aromatic N) is 1. The van der Waals surface area contributed by atoms with Gasteiger partial charge in [0.15, 0.2) is 0 Å². The van der Waals surface area contributed by atoms with Crippen LogP contribution in [0.4, 0.5) is 0 Å². The van der Waals surface area contributed by atoms with Crippen LogP contribution in [0.15, 0.2) is 4.99 Å². The summed E-state index contributed by atoms with van der Waals surface area (Å²) in [7, 11) is 3.33. The SMILES string of the molecule is CCNC(CCNCC=NCCC(=O)NC)OC. The summed E-state index contributed by atoms with van der Waals surface area (Å²) >= 11 is 0. The predicted octanol–water partition coefficient (Wildman–Crippen LogP) is -0.245. The quantitative estimate of drug-likeness (QED) is 0.271. The van der Waals surface area contributed by atoms with E-state index in [9.17, 15) is 4.79 Å². The number of methoxy groups -OCH3 is 1. The fourth-order valence-corrected chi connectivity index (χ4v) is 1.38. The zero-order valence-electron chi connectivity index (χ0n) is 11.7. The van der Waals surface area contributed by atoms with E-state index in [1.165, 1.54) is 0 Å². The largest absolute Gasteiger partial charge is 0.367 e. The molecular formula is C12H26N4O2. The minimum absolute atomic E-state index is 0.0219. The number of nitrogens with one attached hydrogen (secondary N) is 3. The number of carbonyl (C=O) groups is 1. The van der Waals surface area contributed by atoms with Crippen molar-refractivity contribution in [3.63, 3.8) is 0 Å². The second kappa shape index (κ2) is 12.5. The maximum atomic E-state index is 10.9. The highest BCUT2D eigenvalue weighted by atomic mass is 16.5. The number of ether oxygens (including phenoxy) is 1. The van der Waals surface area contributed by atoms with E-state index in [-0.39, 0.29) is 12.1 Å². The van der Waals surface area contributed by atoms with Crippen molar-refractivity contribution in [3.8, 4) is 0 Å². The van der Waals surface area contributed by atoms with Crippen molar-refractivity contribution >= 4 is 12.1 Å². The molecule has 0 radical (unpaired) electrons. The van der Waals surface area contributed by atoms with Gasteiger partial charge in [-0.2, -0.15) is 0 Å². The molecule has 0 spiro atoms. The van der Waals surface area contributed by atoms with Crippen molar-refractivity contribution in [2.75, 3.05) is 40.3 Å². The summed E-state index contributed by atoms with van der Waals surface area (Å²) in [6.07, 6.45) is 3.26. The summed E-state index contributed by atoms with van der Waals surface area (Å²) in [5.74, 6) is 0.0219. The van der Waals surface area contributed by atoms with E-state index >= 15 is 0 Å². The van der Waals surface area contributed by atoms with Crippen molar-refractivity contribution in [2.24, 2.45) is 4.99 Å². The van der Waals surface area contributed by atoms with Crippen molar-refractivity contribution < 1.29 is 9.53 Å². The standard InChI is InChI=1S/C12H26N4O2/c1-4-16-12(18-3)6-8-15-10-9-14-7-5-11(17)13-2/h9,12,15-16H,4-8,10H2,1-3H3,(H,13,17). The summed E-state index contributed by atoms with van der Waals surface area (Å²) in [6.45, 7) is 5.08. The number of carbonyl (C=O) groups excluding carboxylic acids is 1. The fraction of sp³-hybridized carbons (Fsp3) is 0.833. The van der Waals surface area contributed by atoms with Crippen LogP contribution in [-0.4, -0.2) is 58.7 Å². The first-order valence-electron chi connectivity index (χ1n) is 6.40. The molecule has 0 saturated heterocycles. The van der Waals surface area contributed by atoms with Gasteiger partial charge < -0.3 is 15.4 Å². The zero-order valence-corrected chi connectivity index (χ0v) is 11.7. The molecule has 1 atom stereocenters. The Labute approximate surface area is 110 Å². The molecule has 6 heteroatoms. The van der Waals surface area contributed by atoms with E-state index in [1.807, 2.05) is 0 Å². The van der Waals surface area contributed by atoms with Crippen molar-refractivity contribution in [3.05, 3.63) is 0 Å². The fourth-order valence-electron chi connectivity index (χ4n) is 1.38. The van der Waals surface area contributed by atoms with Crippen LogP contribution in [0.1, 0.15) is 19.8 Å². The van der Waals surface area contributed by atoms with Crippen LogP contribution in [0, 0.1) is 0 Å². The van der Waals surface area contributed by atoms with Gasteiger partial charge >= 0.3 is 0 Å². The Kier molecular flexibility index (Phi) is 11.8. The highest BCUT2D eigenvalue weighted by molar-refractivity contribution is 5.75. The van der Waals surface area contributed by atoms with E-state index in [4.69, 9.17) is 4.74 Å². The number of hydrogen-bond donors (Lipinski definition) is 3.